The molecule has 9 nitrogen and oxygen atoms in total. The lowest BCUT2D eigenvalue weighted by molar-refractivity contribution is -0.115. The molecule has 0 unspecified atom stereocenters. The van der Waals surface area contributed by atoms with E-state index < -0.39 is 0 Å². The standard InChI is InChI=1S/C17H25N5O4/c1-24-10-25-8-7-13(23)12-9-19-15-14(20-12)16(22-17(18)21-15)26-11-5-3-2-4-6-11/h11H,2-10H2,1H3,(H3,18,19,21,22). The molecule has 0 aromatic carbocycles. The van der Waals surface area contributed by atoms with Gasteiger partial charge in [0.15, 0.2) is 17.3 Å². The van der Waals surface area contributed by atoms with Gasteiger partial charge in [0, 0.05) is 13.5 Å². The number of nitrogen functional groups attached to an aromatic ring is 1. The Morgan fingerprint density at radius 3 is 2.85 bits per heavy atom. The zero-order valence-electron chi connectivity index (χ0n) is 15.0. The van der Waals surface area contributed by atoms with E-state index >= 15 is 0 Å². The van der Waals surface area contributed by atoms with E-state index in [1.165, 1.54) is 13.5 Å². The smallest absolute Gasteiger partial charge is 0.247 e. The number of fused-ring (bicyclic) bond motifs is 1. The van der Waals surface area contributed by atoms with Crippen molar-refractivity contribution in [2.75, 3.05) is 38.1 Å². The number of Topliss-reactive ketones (excluding diaryl/α,β-unsaturated/α-hetero) is 1. The molecule has 2 heterocycles. The molecular weight excluding hydrogens is 338 g/mol. The third-order valence-electron chi connectivity index (χ3n) is 4.37. The summed E-state index contributed by atoms with van der Waals surface area (Å²) < 4.78 is 16.0. The fraction of sp³-hybridized carbons (Fsp3) is 0.647. The Hall–Kier alpha value is -2.26. The highest BCUT2D eigenvalue weighted by molar-refractivity contribution is 6.42. The van der Waals surface area contributed by atoms with Crippen LogP contribution in [0, 0.1) is 0 Å². The van der Waals surface area contributed by atoms with Gasteiger partial charge in [0.25, 0.3) is 0 Å². The third kappa shape index (κ3) is 4.67. The minimum atomic E-state index is -0.0975. The Bertz CT molecular complexity index is 673. The van der Waals surface area contributed by atoms with Crippen molar-refractivity contribution in [2.45, 2.75) is 44.6 Å². The van der Waals surface area contributed by atoms with Crippen LogP contribution >= 0.6 is 0 Å². The minimum Gasteiger partial charge on any atom is -0.473 e. The summed E-state index contributed by atoms with van der Waals surface area (Å²) >= 11 is 0. The van der Waals surface area contributed by atoms with Crippen molar-refractivity contribution in [2.24, 2.45) is 4.99 Å². The topological polar surface area (TPSA) is 121 Å². The number of carbonyl (C=O) groups is 1. The van der Waals surface area contributed by atoms with Crippen LogP contribution in [0.2, 0.25) is 0 Å². The van der Waals surface area contributed by atoms with E-state index in [1.807, 2.05) is 0 Å². The molecule has 142 valence electrons. The summed E-state index contributed by atoms with van der Waals surface area (Å²) in [5.74, 6) is 0.864. The molecule has 0 saturated heterocycles. The fourth-order valence-electron chi connectivity index (χ4n) is 3.05. The van der Waals surface area contributed by atoms with Crippen molar-refractivity contribution in [1.82, 2.24) is 9.97 Å². The number of hydrogen-bond donors (Lipinski definition) is 2. The summed E-state index contributed by atoms with van der Waals surface area (Å²) in [6, 6.07) is 0. The summed E-state index contributed by atoms with van der Waals surface area (Å²) in [5.41, 5.74) is 6.64. The van der Waals surface area contributed by atoms with Crippen LogP contribution < -0.4 is 15.8 Å². The van der Waals surface area contributed by atoms with Crippen molar-refractivity contribution >= 4 is 28.9 Å². The molecule has 3 N–H and O–H groups in total. The predicted octanol–water partition coefficient (Wildman–Crippen LogP) is 1.85. The molecule has 0 amide bonds. The van der Waals surface area contributed by atoms with Gasteiger partial charge in [-0.15, -0.1) is 0 Å². The molecule has 0 atom stereocenters. The van der Waals surface area contributed by atoms with E-state index in [0.717, 1.165) is 25.7 Å². The Morgan fingerprint density at radius 2 is 2.08 bits per heavy atom. The molecule has 3 rings (SSSR count). The number of nitrogens with two attached hydrogens (primary N) is 1. The number of nitrogens with one attached hydrogen (secondary N) is 1. The van der Waals surface area contributed by atoms with Crippen molar-refractivity contribution in [3.63, 3.8) is 0 Å². The fourth-order valence-corrected chi connectivity index (χ4v) is 3.05. The van der Waals surface area contributed by atoms with E-state index in [4.69, 9.17) is 19.9 Å². The number of ether oxygens (including phenoxy) is 3. The van der Waals surface area contributed by atoms with Gasteiger partial charge in [0.1, 0.15) is 18.6 Å². The van der Waals surface area contributed by atoms with Crippen LogP contribution in [0.15, 0.2) is 4.99 Å². The maximum atomic E-state index is 12.3. The maximum absolute atomic E-state index is 12.3. The minimum absolute atomic E-state index is 0.0975. The summed E-state index contributed by atoms with van der Waals surface area (Å²) in [5, 5.41) is 3.09. The van der Waals surface area contributed by atoms with Crippen LogP contribution in [0.1, 0.15) is 38.5 Å². The Kier molecular flexibility index (Phi) is 6.35. The van der Waals surface area contributed by atoms with Crippen molar-refractivity contribution in [1.29, 1.82) is 0 Å². The average molecular weight is 363 g/mol. The van der Waals surface area contributed by atoms with Crippen LogP contribution in [-0.4, -0.2) is 54.6 Å². The molecule has 0 radical (unpaired) electrons. The number of rotatable bonds is 8. The molecule has 1 saturated carbocycles. The molecule has 0 spiro atoms. The monoisotopic (exact) mass is 363 g/mol. The molecule has 0 bridgehead atoms. The molecular formula is C17H25N5O4. The van der Waals surface area contributed by atoms with Gasteiger partial charge < -0.3 is 25.3 Å². The molecule has 2 aliphatic rings. The van der Waals surface area contributed by atoms with E-state index in [-0.39, 0.29) is 44.2 Å². The lowest BCUT2D eigenvalue weighted by Crippen LogP contribution is -2.28. The van der Waals surface area contributed by atoms with E-state index in [9.17, 15) is 4.79 Å². The summed E-state index contributed by atoms with van der Waals surface area (Å²) in [6.45, 7) is 0.727. The number of ketones is 1. The number of aliphatic imine (C=N–C) groups is 1. The number of carbonyl (C=O) groups excluding carboxylic acids is 1. The summed E-state index contributed by atoms with van der Waals surface area (Å²) in [4.78, 5) is 25.2. The zero-order chi connectivity index (χ0) is 18.4. The van der Waals surface area contributed by atoms with Crippen molar-refractivity contribution in [3.8, 4) is 5.88 Å². The zero-order valence-corrected chi connectivity index (χ0v) is 15.0. The molecule has 1 aromatic heterocycles. The van der Waals surface area contributed by atoms with Gasteiger partial charge in [-0.25, -0.2) is 4.99 Å². The molecule has 9 heteroatoms. The van der Waals surface area contributed by atoms with Crippen LogP contribution in [0.3, 0.4) is 0 Å². The van der Waals surface area contributed by atoms with Gasteiger partial charge in [-0.3, -0.25) is 4.79 Å². The quantitative estimate of drug-likeness (QED) is 0.530. The highest BCUT2D eigenvalue weighted by Crippen LogP contribution is 2.37. The Morgan fingerprint density at radius 1 is 1.27 bits per heavy atom. The second-order valence-corrected chi connectivity index (χ2v) is 6.36. The largest absolute Gasteiger partial charge is 0.473 e. The first-order valence-corrected chi connectivity index (χ1v) is 8.93. The van der Waals surface area contributed by atoms with Crippen LogP contribution in [0.4, 0.5) is 17.5 Å². The highest BCUT2D eigenvalue weighted by Gasteiger charge is 2.25. The number of methoxy groups -OCH3 is 1. The lowest BCUT2D eigenvalue weighted by atomic mass is 9.98. The average Bonchev–Trinajstić information content (AvgIpc) is 2.65. The van der Waals surface area contributed by atoms with Gasteiger partial charge in [0.2, 0.25) is 11.8 Å². The summed E-state index contributed by atoms with van der Waals surface area (Å²) in [7, 11) is 1.54. The number of hydrogen-bond acceptors (Lipinski definition) is 9. The molecule has 1 aliphatic carbocycles. The Balaban J connectivity index is 1.74. The first kappa shape index (κ1) is 18.5. The predicted molar refractivity (Wildman–Crippen MR) is 97.0 cm³/mol. The molecule has 26 heavy (non-hydrogen) atoms. The van der Waals surface area contributed by atoms with E-state index in [2.05, 4.69) is 20.3 Å². The maximum Gasteiger partial charge on any atom is 0.247 e. The molecule has 1 fully saturated rings. The molecule has 1 aromatic rings. The highest BCUT2D eigenvalue weighted by atomic mass is 16.7. The first-order chi connectivity index (χ1) is 12.7. The second-order valence-electron chi connectivity index (χ2n) is 6.36. The van der Waals surface area contributed by atoms with Gasteiger partial charge >= 0.3 is 0 Å². The Labute approximate surface area is 152 Å². The number of aromatic nitrogens is 2. The van der Waals surface area contributed by atoms with Gasteiger partial charge in [-0.05, 0) is 25.7 Å². The number of nitrogens with zero attached hydrogens (tertiary/aromatic N) is 3. The number of anilines is 2. The van der Waals surface area contributed by atoms with E-state index in [1.54, 1.807) is 0 Å². The van der Waals surface area contributed by atoms with Crippen molar-refractivity contribution < 1.29 is 19.0 Å². The van der Waals surface area contributed by atoms with Crippen molar-refractivity contribution in [3.05, 3.63) is 0 Å². The lowest BCUT2D eigenvalue weighted by Gasteiger charge is -2.24. The van der Waals surface area contributed by atoms with Gasteiger partial charge in [-0.2, -0.15) is 9.97 Å². The van der Waals surface area contributed by atoms with Gasteiger partial charge in [0.05, 0.1) is 13.2 Å². The van der Waals surface area contributed by atoms with Crippen LogP contribution in [0.25, 0.3) is 0 Å². The first-order valence-electron chi connectivity index (χ1n) is 8.93. The van der Waals surface area contributed by atoms with Crippen LogP contribution in [0.5, 0.6) is 5.88 Å². The molecule has 1 aliphatic heterocycles. The normalized spacial score (nSPS) is 17.2. The SMILES string of the molecule is COCOCCC(=O)C1=Nc2c(nc(N)nc2OC2CCCCC2)NC1. The van der Waals surface area contributed by atoms with Crippen LogP contribution in [-0.2, 0) is 14.3 Å². The summed E-state index contributed by atoms with van der Waals surface area (Å²) in [6.07, 6.45) is 5.80. The third-order valence-corrected chi connectivity index (χ3v) is 4.37. The second kappa shape index (κ2) is 8.91. The van der Waals surface area contributed by atoms with E-state index in [0.29, 0.717) is 23.1 Å². The van der Waals surface area contributed by atoms with Gasteiger partial charge in [-0.1, -0.05) is 6.42 Å².